The second-order valence-electron chi connectivity index (χ2n) is 1.76. The Hall–Kier alpha value is 0.940. The summed E-state index contributed by atoms with van der Waals surface area (Å²) in [6.07, 6.45) is 0. The van der Waals surface area contributed by atoms with Crippen LogP contribution in [-0.4, -0.2) is 10.7 Å². The molecule has 1 rings (SSSR count). The number of thiol groups is 4. The quantitative estimate of drug-likeness (QED) is 0.342. The van der Waals surface area contributed by atoms with Crippen LogP contribution < -0.4 is 0 Å². The molecule has 1 aliphatic rings. The minimum Gasteiger partial charge on any atom is -0.484 e. The van der Waals surface area contributed by atoms with Crippen LogP contribution in [0.3, 0.4) is 0 Å². The van der Waals surface area contributed by atoms with Crippen LogP contribution in [0.25, 0.3) is 0 Å². The van der Waals surface area contributed by atoms with Crippen LogP contribution >= 0.6 is 50.5 Å². The molecule has 1 aliphatic heterocycles. The highest BCUT2D eigenvalue weighted by molar-refractivity contribution is 8.03. The Bertz CT molecular complexity index is 162. The fourth-order valence-corrected chi connectivity index (χ4v) is 1.37. The highest BCUT2D eigenvalue weighted by atomic mass is 32.2. The van der Waals surface area contributed by atoms with E-state index in [2.05, 4.69) is 50.5 Å². The predicted octanol–water partition coefficient (Wildman–Crippen LogP) is 1.60. The van der Waals surface area contributed by atoms with Crippen LogP contribution in [0.1, 0.15) is 0 Å². The zero-order valence-electron chi connectivity index (χ0n) is 4.40. The summed E-state index contributed by atoms with van der Waals surface area (Å²) >= 11 is 16.4. The molecule has 0 aliphatic carbocycles. The lowest BCUT2D eigenvalue weighted by Crippen LogP contribution is -2.13. The lowest BCUT2D eigenvalue weighted by atomic mass is 10.4. The van der Waals surface area contributed by atoms with Crippen LogP contribution in [-0.2, 0) is 4.74 Å². The third kappa shape index (κ3) is 1.50. The molecule has 1 heterocycles. The summed E-state index contributed by atoms with van der Waals surface area (Å²) in [5, 5.41) is 0.517. The molecule has 0 aromatic carbocycles. The fourth-order valence-electron chi connectivity index (χ4n) is 0.477. The number of ether oxygens (including phenoxy) is 1. The molecule has 0 aromatic heterocycles. The standard InChI is InChI=1S/C4H6OS4/c6-2-3(7)5-1-4(2,8)9/h6-9H,1H2. The lowest BCUT2D eigenvalue weighted by molar-refractivity contribution is 0.270. The van der Waals surface area contributed by atoms with Gasteiger partial charge in [-0.25, -0.2) is 0 Å². The van der Waals surface area contributed by atoms with E-state index in [-0.39, 0.29) is 0 Å². The van der Waals surface area contributed by atoms with Crippen LogP contribution in [0.15, 0.2) is 10.00 Å². The van der Waals surface area contributed by atoms with E-state index in [0.29, 0.717) is 16.6 Å². The Morgan fingerprint density at radius 1 is 1.33 bits per heavy atom. The maximum Gasteiger partial charge on any atom is 0.161 e. The first-order valence-electron chi connectivity index (χ1n) is 2.24. The molecule has 0 aromatic rings. The average molecular weight is 198 g/mol. The van der Waals surface area contributed by atoms with E-state index in [4.69, 9.17) is 4.74 Å². The second kappa shape index (κ2) is 2.53. The van der Waals surface area contributed by atoms with Gasteiger partial charge in [0.25, 0.3) is 0 Å². The Morgan fingerprint density at radius 2 is 1.89 bits per heavy atom. The molecule has 1 nitrogen and oxygen atoms in total. The largest absolute Gasteiger partial charge is 0.484 e. The average Bonchev–Trinajstić information content (AvgIpc) is 1.97. The molecular weight excluding hydrogens is 192 g/mol. The van der Waals surface area contributed by atoms with Crippen molar-refractivity contribution < 1.29 is 4.74 Å². The highest BCUT2D eigenvalue weighted by Gasteiger charge is 2.33. The molecule has 0 radical (unpaired) electrons. The van der Waals surface area contributed by atoms with Gasteiger partial charge < -0.3 is 4.74 Å². The predicted molar refractivity (Wildman–Crippen MR) is 51.7 cm³/mol. The zero-order valence-corrected chi connectivity index (χ0v) is 7.98. The molecule has 9 heavy (non-hydrogen) atoms. The van der Waals surface area contributed by atoms with Crippen LogP contribution in [0.4, 0.5) is 0 Å². The van der Waals surface area contributed by atoms with E-state index >= 15 is 0 Å². The van der Waals surface area contributed by atoms with E-state index in [0.717, 1.165) is 0 Å². The Morgan fingerprint density at radius 3 is 2.00 bits per heavy atom. The Kier molecular flexibility index (Phi) is 2.26. The monoisotopic (exact) mass is 198 g/mol. The van der Waals surface area contributed by atoms with Crippen molar-refractivity contribution >= 4 is 50.5 Å². The first-order valence-corrected chi connectivity index (χ1v) is 4.03. The van der Waals surface area contributed by atoms with Crippen LogP contribution in [0.5, 0.6) is 0 Å². The second-order valence-corrected chi connectivity index (χ2v) is 4.49. The van der Waals surface area contributed by atoms with Crippen molar-refractivity contribution in [1.29, 1.82) is 0 Å². The van der Waals surface area contributed by atoms with Gasteiger partial charge in [0.05, 0.1) is 4.91 Å². The summed E-state index contributed by atoms with van der Waals surface area (Å²) in [6.45, 7) is 0.427. The molecule has 0 fully saturated rings. The summed E-state index contributed by atoms with van der Waals surface area (Å²) in [5.74, 6) is 0. The van der Waals surface area contributed by atoms with Crippen molar-refractivity contribution in [2.24, 2.45) is 0 Å². The summed E-state index contributed by atoms with van der Waals surface area (Å²) < 4.78 is 4.45. The zero-order chi connectivity index (χ0) is 7.07. The van der Waals surface area contributed by atoms with Crippen molar-refractivity contribution in [3.8, 4) is 0 Å². The summed E-state index contributed by atoms with van der Waals surface area (Å²) in [4.78, 5) is 0.678. The van der Waals surface area contributed by atoms with Gasteiger partial charge in [-0.3, -0.25) is 0 Å². The van der Waals surface area contributed by atoms with Crippen molar-refractivity contribution in [3.63, 3.8) is 0 Å². The third-order valence-electron chi connectivity index (χ3n) is 0.992. The molecule has 0 bridgehead atoms. The van der Waals surface area contributed by atoms with E-state index < -0.39 is 4.08 Å². The van der Waals surface area contributed by atoms with E-state index in [1.807, 2.05) is 0 Å². The number of hydrogen-bond donors (Lipinski definition) is 4. The van der Waals surface area contributed by atoms with Crippen LogP contribution in [0, 0.1) is 0 Å². The van der Waals surface area contributed by atoms with Crippen LogP contribution in [0.2, 0.25) is 0 Å². The van der Waals surface area contributed by atoms with Crippen molar-refractivity contribution in [2.75, 3.05) is 6.61 Å². The number of hydrogen-bond acceptors (Lipinski definition) is 5. The van der Waals surface area contributed by atoms with E-state index in [1.54, 1.807) is 0 Å². The Labute approximate surface area is 75.9 Å². The van der Waals surface area contributed by atoms with Crippen molar-refractivity contribution in [1.82, 2.24) is 0 Å². The van der Waals surface area contributed by atoms with Crippen molar-refractivity contribution in [2.45, 2.75) is 4.08 Å². The molecule has 5 heteroatoms. The molecule has 0 spiro atoms. The minimum atomic E-state index is -0.541. The van der Waals surface area contributed by atoms with Gasteiger partial charge >= 0.3 is 0 Å². The maximum absolute atomic E-state index is 4.99. The molecular formula is C4H6OS4. The summed E-state index contributed by atoms with van der Waals surface area (Å²) in [6, 6.07) is 0. The van der Waals surface area contributed by atoms with Gasteiger partial charge in [-0.15, -0.1) is 25.3 Å². The van der Waals surface area contributed by atoms with Gasteiger partial charge in [-0.2, -0.15) is 25.3 Å². The van der Waals surface area contributed by atoms with Gasteiger partial charge in [0.15, 0.2) is 5.09 Å². The van der Waals surface area contributed by atoms with Crippen molar-refractivity contribution in [3.05, 3.63) is 10.00 Å². The summed E-state index contributed by atoms with van der Waals surface area (Å²) in [7, 11) is 0. The maximum atomic E-state index is 4.99. The lowest BCUT2D eigenvalue weighted by Gasteiger charge is -2.11. The molecule has 0 N–H and O–H groups in total. The first kappa shape index (κ1) is 8.04. The minimum absolute atomic E-state index is 0.427. The molecule has 0 unspecified atom stereocenters. The van der Waals surface area contributed by atoms with E-state index in [1.165, 1.54) is 0 Å². The van der Waals surface area contributed by atoms with E-state index in [9.17, 15) is 0 Å². The molecule has 0 saturated carbocycles. The normalized spacial score (nSPS) is 24.4. The van der Waals surface area contributed by atoms with Gasteiger partial charge in [-0.05, 0) is 0 Å². The topological polar surface area (TPSA) is 9.23 Å². The molecule has 0 amide bonds. The third-order valence-corrected chi connectivity index (χ3v) is 3.16. The summed E-state index contributed by atoms with van der Waals surface area (Å²) in [5.41, 5.74) is 0. The SMILES string of the molecule is SC1=C(S)C(S)(S)CO1. The van der Waals surface area contributed by atoms with Gasteiger partial charge in [0, 0.05) is 0 Å². The number of rotatable bonds is 0. The highest BCUT2D eigenvalue weighted by Crippen LogP contribution is 2.40. The smallest absolute Gasteiger partial charge is 0.161 e. The van der Waals surface area contributed by atoms with Gasteiger partial charge in [-0.1, -0.05) is 0 Å². The molecule has 0 saturated heterocycles. The first-order chi connectivity index (χ1) is 4.04. The molecule has 0 atom stereocenters. The van der Waals surface area contributed by atoms with Gasteiger partial charge in [0.1, 0.15) is 10.7 Å². The Balaban J connectivity index is 2.88. The van der Waals surface area contributed by atoms with Gasteiger partial charge in [0.2, 0.25) is 0 Å². The molecule has 52 valence electrons. The fraction of sp³-hybridized carbons (Fsp3) is 0.500.